The van der Waals surface area contributed by atoms with Crippen molar-refractivity contribution in [3.8, 4) is 5.69 Å². The number of nitrogens with one attached hydrogen (secondary N) is 1. The lowest BCUT2D eigenvalue weighted by Gasteiger charge is -2.18. The molecule has 128 valence electrons. The number of anilines is 1. The fourth-order valence-corrected chi connectivity index (χ4v) is 2.40. The van der Waals surface area contributed by atoms with E-state index in [1.54, 1.807) is 35.5 Å². The van der Waals surface area contributed by atoms with Gasteiger partial charge in [-0.25, -0.2) is 9.07 Å². The molecule has 0 fully saturated rings. The lowest BCUT2D eigenvalue weighted by Crippen LogP contribution is -2.31. The Morgan fingerprint density at radius 3 is 2.58 bits per heavy atom. The van der Waals surface area contributed by atoms with E-state index in [-0.39, 0.29) is 24.4 Å². The molecule has 7 heteroatoms. The van der Waals surface area contributed by atoms with Gasteiger partial charge in [0, 0.05) is 38.3 Å². The molecule has 24 heavy (non-hydrogen) atoms. The van der Waals surface area contributed by atoms with Crippen LogP contribution in [0.3, 0.4) is 0 Å². The van der Waals surface area contributed by atoms with Crippen LogP contribution in [0.1, 0.15) is 26.7 Å². The summed E-state index contributed by atoms with van der Waals surface area (Å²) < 4.78 is 15.6. The molecule has 0 saturated carbocycles. The van der Waals surface area contributed by atoms with Gasteiger partial charge in [-0.2, -0.15) is 5.10 Å². The van der Waals surface area contributed by atoms with E-state index in [9.17, 15) is 14.0 Å². The number of nitrogens with zero attached hydrogens (tertiary/aromatic N) is 3. The minimum absolute atomic E-state index is 0.00220. The number of amides is 2. The van der Waals surface area contributed by atoms with Gasteiger partial charge in [0.1, 0.15) is 11.5 Å². The summed E-state index contributed by atoms with van der Waals surface area (Å²) in [4.78, 5) is 25.7. The Balaban J connectivity index is 2.06. The average molecular weight is 332 g/mol. The predicted molar refractivity (Wildman–Crippen MR) is 89.3 cm³/mol. The average Bonchev–Trinajstić information content (AvgIpc) is 3.10. The van der Waals surface area contributed by atoms with Crippen molar-refractivity contribution < 1.29 is 14.0 Å². The van der Waals surface area contributed by atoms with Gasteiger partial charge < -0.3 is 10.2 Å². The highest BCUT2D eigenvalue weighted by atomic mass is 19.1. The molecule has 0 bridgehead atoms. The molecule has 1 aromatic heterocycles. The van der Waals surface area contributed by atoms with Gasteiger partial charge in [0.25, 0.3) is 0 Å². The van der Waals surface area contributed by atoms with Crippen LogP contribution in [0.2, 0.25) is 0 Å². The van der Waals surface area contributed by atoms with Crippen molar-refractivity contribution in [3.05, 3.63) is 42.5 Å². The SMILES string of the molecule is CCN(CC)C(=O)CCC(=O)Nc1c(F)cccc1-n1cccn1. The van der Waals surface area contributed by atoms with E-state index >= 15 is 0 Å². The maximum Gasteiger partial charge on any atom is 0.225 e. The summed E-state index contributed by atoms with van der Waals surface area (Å²) in [6, 6.07) is 6.18. The highest BCUT2D eigenvalue weighted by Gasteiger charge is 2.16. The van der Waals surface area contributed by atoms with Gasteiger partial charge in [-0.3, -0.25) is 9.59 Å². The number of rotatable bonds is 7. The molecule has 2 amide bonds. The molecule has 0 unspecified atom stereocenters. The van der Waals surface area contributed by atoms with Crippen molar-refractivity contribution in [3.63, 3.8) is 0 Å². The van der Waals surface area contributed by atoms with Gasteiger partial charge in [-0.15, -0.1) is 0 Å². The maximum atomic E-state index is 14.1. The standard InChI is InChI=1S/C17H21FN4O2/c1-3-21(4-2)16(24)10-9-15(23)20-17-13(18)7-5-8-14(17)22-12-6-11-19-22/h5-8,11-12H,3-4,9-10H2,1-2H3,(H,20,23). The number of carbonyl (C=O) groups excluding carboxylic acids is 2. The van der Waals surface area contributed by atoms with Crippen LogP contribution in [0, 0.1) is 5.82 Å². The maximum absolute atomic E-state index is 14.1. The molecular weight excluding hydrogens is 311 g/mol. The largest absolute Gasteiger partial charge is 0.343 e. The number of benzene rings is 1. The summed E-state index contributed by atoms with van der Waals surface area (Å²) in [5, 5.41) is 6.60. The van der Waals surface area contributed by atoms with Crippen LogP contribution in [0.25, 0.3) is 5.69 Å². The fourth-order valence-electron chi connectivity index (χ4n) is 2.40. The van der Waals surface area contributed by atoms with Crippen molar-refractivity contribution >= 4 is 17.5 Å². The Labute approximate surface area is 140 Å². The van der Waals surface area contributed by atoms with Crippen molar-refractivity contribution in [1.82, 2.24) is 14.7 Å². The minimum atomic E-state index is -0.550. The summed E-state index contributed by atoms with van der Waals surface area (Å²) >= 11 is 0. The molecule has 1 heterocycles. The highest BCUT2D eigenvalue weighted by molar-refractivity contribution is 5.95. The third-order valence-corrected chi connectivity index (χ3v) is 3.69. The van der Waals surface area contributed by atoms with E-state index in [1.807, 2.05) is 13.8 Å². The van der Waals surface area contributed by atoms with Crippen LogP contribution < -0.4 is 5.32 Å². The molecule has 0 saturated heterocycles. The normalized spacial score (nSPS) is 10.5. The molecule has 0 radical (unpaired) electrons. The Morgan fingerprint density at radius 2 is 1.96 bits per heavy atom. The lowest BCUT2D eigenvalue weighted by atomic mass is 10.2. The van der Waals surface area contributed by atoms with Gasteiger partial charge in [0.15, 0.2) is 0 Å². The van der Waals surface area contributed by atoms with Crippen molar-refractivity contribution in [1.29, 1.82) is 0 Å². The summed E-state index contributed by atoms with van der Waals surface area (Å²) in [7, 11) is 0. The second-order valence-corrected chi connectivity index (χ2v) is 5.20. The summed E-state index contributed by atoms with van der Waals surface area (Å²) in [6.07, 6.45) is 3.33. The number of aromatic nitrogens is 2. The van der Waals surface area contributed by atoms with Crippen LogP contribution >= 0.6 is 0 Å². The Hall–Kier alpha value is -2.70. The minimum Gasteiger partial charge on any atom is -0.343 e. The second-order valence-electron chi connectivity index (χ2n) is 5.20. The van der Waals surface area contributed by atoms with Gasteiger partial charge in [0.2, 0.25) is 11.8 Å². The summed E-state index contributed by atoms with van der Waals surface area (Å²) in [5.74, 6) is -1.04. The zero-order valence-corrected chi connectivity index (χ0v) is 13.8. The van der Waals surface area contributed by atoms with Gasteiger partial charge in [0.05, 0.1) is 5.69 Å². The quantitative estimate of drug-likeness (QED) is 0.847. The van der Waals surface area contributed by atoms with Crippen molar-refractivity contribution in [2.24, 2.45) is 0 Å². The molecular formula is C17H21FN4O2. The van der Waals surface area contributed by atoms with E-state index in [1.165, 1.54) is 10.7 Å². The molecule has 0 aliphatic heterocycles. The van der Waals surface area contributed by atoms with Crippen LogP contribution in [-0.2, 0) is 9.59 Å². The monoisotopic (exact) mass is 332 g/mol. The Morgan fingerprint density at radius 1 is 1.21 bits per heavy atom. The van der Waals surface area contributed by atoms with Gasteiger partial charge in [-0.1, -0.05) is 6.07 Å². The van der Waals surface area contributed by atoms with E-state index in [0.29, 0.717) is 18.8 Å². The zero-order valence-electron chi connectivity index (χ0n) is 13.8. The molecule has 1 N–H and O–H groups in total. The molecule has 0 spiro atoms. The summed E-state index contributed by atoms with van der Waals surface area (Å²) in [6.45, 7) is 4.98. The first kappa shape index (κ1) is 17.7. The van der Waals surface area contributed by atoms with Gasteiger partial charge in [-0.05, 0) is 32.0 Å². The van der Waals surface area contributed by atoms with Crippen molar-refractivity contribution in [2.75, 3.05) is 18.4 Å². The number of hydrogen-bond donors (Lipinski definition) is 1. The third kappa shape index (κ3) is 4.18. The molecule has 2 rings (SSSR count). The molecule has 0 aliphatic rings. The topological polar surface area (TPSA) is 67.2 Å². The van der Waals surface area contributed by atoms with Crippen LogP contribution in [0.4, 0.5) is 10.1 Å². The number of carbonyl (C=O) groups is 2. The molecule has 0 atom stereocenters. The predicted octanol–water partition coefficient (Wildman–Crippen LogP) is 2.60. The molecule has 6 nitrogen and oxygen atoms in total. The number of halogens is 1. The first-order chi connectivity index (χ1) is 11.6. The first-order valence-corrected chi connectivity index (χ1v) is 7.93. The number of para-hydroxylation sites is 1. The fraction of sp³-hybridized carbons (Fsp3) is 0.353. The van der Waals surface area contributed by atoms with E-state index < -0.39 is 11.7 Å². The van der Waals surface area contributed by atoms with Crippen molar-refractivity contribution in [2.45, 2.75) is 26.7 Å². The zero-order chi connectivity index (χ0) is 17.5. The van der Waals surface area contributed by atoms with Crippen LogP contribution in [0.5, 0.6) is 0 Å². The van der Waals surface area contributed by atoms with Crippen LogP contribution in [-0.4, -0.2) is 39.6 Å². The Kier molecular flexibility index (Phi) is 6.06. The molecule has 0 aliphatic carbocycles. The van der Waals surface area contributed by atoms with E-state index in [0.717, 1.165) is 0 Å². The number of hydrogen-bond acceptors (Lipinski definition) is 3. The molecule has 1 aromatic carbocycles. The summed E-state index contributed by atoms with van der Waals surface area (Å²) in [5.41, 5.74) is 0.491. The highest BCUT2D eigenvalue weighted by Crippen LogP contribution is 2.23. The Bertz CT molecular complexity index is 697. The van der Waals surface area contributed by atoms with Crippen LogP contribution in [0.15, 0.2) is 36.7 Å². The third-order valence-electron chi connectivity index (χ3n) is 3.69. The van der Waals surface area contributed by atoms with Gasteiger partial charge >= 0.3 is 0 Å². The van der Waals surface area contributed by atoms with E-state index in [4.69, 9.17) is 0 Å². The molecule has 2 aromatic rings. The first-order valence-electron chi connectivity index (χ1n) is 7.93. The second kappa shape index (κ2) is 8.24. The lowest BCUT2D eigenvalue weighted by molar-refractivity contribution is -0.132. The van der Waals surface area contributed by atoms with E-state index in [2.05, 4.69) is 10.4 Å². The smallest absolute Gasteiger partial charge is 0.225 e.